The lowest BCUT2D eigenvalue weighted by Gasteiger charge is -2.23. The highest BCUT2D eigenvalue weighted by atomic mass is 14.4. The Bertz CT molecular complexity index is 2620. The zero-order chi connectivity index (χ0) is 34.8. The molecule has 1 atom stereocenters. The summed E-state index contributed by atoms with van der Waals surface area (Å²) in [6.07, 6.45) is 0. The normalized spacial score (nSPS) is 14.7. The predicted molar refractivity (Wildman–Crippen MR) is 219 cm³/mol. The van der Waals surface area contributed by atoms with Gasteiger partial charge in [-0.2, -0.15) is 0 Å². The van der Waals surface area contributed by atoms with Gasteiger partial charge in [0.15, 0.2) is 0 Å². The second kappa shape index (κ2) is 11.9. The van der Waals surface area contributed by atoms with Gasteiger partial charge in [0.05, 0.1) is 0 Å². The van der Waals surface area contributed by atoms with E-state index in [1.807, 2.05) is 0 Å². The van der Waals surface area contributed by atoms with E-state index in [4.69, 9.17) is 0 Å². The van der Waals surface area contributed by atoms with Crippen LogP contribution in [0.4, 0.5) is 0 Å². The Kier molecular flexibility index (Phi) is 7.01. The maximum absolute atomic E-state index is 2.54. The summed E-state index contributed by atoms with van der Waals surface area (Å²) in [5.74, 6) is 0.165. The van der Waals surface area contributed by atoms with Crippen molar-refractivity contribution in [2.75, 3.05) is 0 Å². The topological polar surface area (TPSA) is 0 Å². The first-order valence-corrected chi connectivity index (χ1v) is 18.4. The molecule has 0 heterocycles. The van der Waals surface area contributed by atoms with Crippen LogP contribution in [-0.4, -0.2) is 0 Å². The van der Waals surface area contributed by atoms with Crippen LogP contribution < -0.4 is 0 Å². The van der Waals surface area contributed by atoms with Crippen molar-refractivity contribution >= 4 is 0 Å². The van der Waals surface area contributed by atoms with Crippen LogP contribution >= 0.6 is 0 Å². The molecule has 10 rings (SSSR count). The molecule has 2 aliphatic carbocycles. The fraction of sp³-hybridized carbons (Fsp3) is 0.0769. The van der Waals surface area contributed by atoms with Crippen LogP contribution in [0.3, 0.4) is 0 Å². The standard InChI is InChI=1S/C52H38/c1-52(2)49-23-12-11-21-44(49)47-32-46-43-20-9-10-22-45(43)51(48(46)33-50(47)52)39-19-13-18-38(28-39)42-30-40(35-16-7-4-8-17-35)29-41(31-42)37-26-24-36(25-27-37)34-14-5-3-6-15-34/h3-33,51H,1-2H3. The van der Waals surface area contributed by atoms with Gasteiger partial charge in [-0.3, -0.25) is 0 Å². The molecule has 0 radical (unpaired) electrons. The van der Waals surface area contributed by atoms with Crippen molar-refractivity contribution < 1.29 is 0 Å². The smallest absolute Gasteiger partial charge is 0.0352 e. The van der Waals surface area contributed by atoms with Crippen LogP contribution in [0.15, 0.2) is 188 Å². The number of hydrogen-bond donors (Lipinski definition) is 0. The predicted octanol–water partition coefficient (Wildman–Crippen LogP) is 13.8. The minimum atomic E-state index is -0.0459. The highest BCUT2D eigenvalue weighted by molar-refractivity contribution is 5.90. The van der Waals surface area contributed by atoms with Gasteiger partial charge in [0.25, 0.3) is 0 Å². The molecular formula is C52H38. The molecule has 0 N–H and O–H groups in total. The van der Waals surface area contributed by atoms with Crippen LogP contribution in [0.5, 0.6) is 0 Å². The molecule has 1 unspecified atom stereocenters. The molecule has 0 spiro atoms. The third-order valence-corrected chi connectivity index (χ3v) is 11.5. The molecule has 0 aliphatic heterocycles. The Labute approximate surface area is 306 Å². The van der Waals surface area contributed by atoms with E-state index in [1.165, 1.54) is 94.6 Å². The van der Waals surface area contributed by atoms with E-state index in [0.29, 0.717) is 0 Å². The van der Waals surface area contributed by atoms with Crippen molar-refractivity contribution in [3.63, 3.8) is 0 Å². The van der Waals surface area contributed by atoms with Crippen LogP contribution in [0.25, 0.3) is 66.8 Å². The summed E-state index contributed by atoms with van der Waals surface area (Å²) in [4.78, 5) is 0. The van der Waals surface area contributed by atoms with Crippen molar-refractivity contribution in [1.82, 2.24) is 0 Å². The number of benzene rings is 8. The van der Waals surface area contributed by atoms with Crippen LogP contribution in [-0.2, 0) is 5.41 Å². The average Bonchev–Trinajstić information content (AvgIpc) is 3.65. The summed E-state index contributed by atoms with van der Waals surface area (Å²) in [6.45, 7) is 4.77. The second-order valence-electron chi connectivity index (χ2n) is 14.9. The zero-order valence-corrected chi connectivity index (χ0v) is 29.5. The van der Waals surface area contributed by atoms with Gasteiger partial charge in [0, 0.05) is 11.3 Å². The van der Waals surface area contributed by atoms with Gasteiger partial charge in [-0.25, -0.2) is 0 Å². The average molecular weight is 663 g/mol. The van der Waals surface area contributed by atoms with Crippen molar-refractivity contribution in [3.05, 3.63) is 216 Å². The SMILES string of the molecule is CC1(C)c2ccccc2-c2cc3c(cc21)C(c1cccc(-c2cc(-c4ccccc4)cc(-c4ccc(-c5ccccc5)cc4)c2)c1)c1ccccc1-3. The van der Waals surface area contributed by atoms with Crippen molar-refractivity contribution in [2.24, 2.45) is 0 Å². The number of fused-ring (bicyclic) bond motifs is 6. The quantitative estimate of drug-likeness (QED) is 0.172. The Balaban J connectivity index is 1.10. The molecule has 0 nitrogen and oxygen atoms in total. The minimum Gasteiger partial charge on any atom is -0.0622 e. The lowest BCUT2D eigenvalue weighted by molar-refractivity contribution is 0.659. The van der Waals surface area contributed by atoms with Gasteiger partial charge in [-0.1, -0.05) is 178 Å². The van der Waals surface area contributed by atoms with Gasteiger partial charge in [0.2, 0.25) is 0 Å². The Morgan fingerprint density at radius 3 is 1.52 bits per heavy atom. The lowest BCUT2D eigenvalue weighted by atomic mass is 9.80. The van der Waals surface area contributed by atoms with Crippen LogP contribution in [0.2, 0.25) is 0 Å². The molecule has 0 amide bonds. The lowest BCUT2D eigenvalue weighted by Crippen LogP contribution is -2.15. The first kappa shape index (κ1) is 30.6. The number of hydrogen-bond acceptors (Lipinski definition) is 0. The van der Waals surface area contributed by atoms with E-state index >= 15 is 0 Å². The van der Waals surface area contributed by atoms with Crippen molar-refractivity contribution in [1.29, 1.82) is 0 Å². The maximum Gasteiger partial charge on any atom is 0.0352 e. The maximum atomic E-state index is 2.54. The molecule has 0 saturated heterocycles. The van der Waals surface area contributed by atoms with Gasteiger partial charge in [-0.05, 0) is 119 Å². The molecule has 8 aromatic carbocycles. The summed E-state index contributed by atoms with van der Waals surface area (Å²) in [5, 5.41) is 0. The van der Waals surface area contributed by atoms with E-state index < -0.39 is 0 Å². The van der Waals surface area contributed by atoms with E-state index in [-0.39, 0.29) is 11.3 Å². The van der Waals surface area contributed by atoms with Crippen molar-refractivity contribution in [3.8, 4) is 66.8 Å². The van der Waals surface area contributed by atoms with Gasteiger partial charge in [-0.15, -0.1) is 0 Å². The molecule has 0 heteroatoms. The highest BCUT2D eigenvalue weighted by Crippen LogP contribution is 2.55. The summed E-state index contributed by atoms with van der Waals surface area (Å²) in [5.41, 5.74) is 22.2. The molecule has 0 bridgehead atoms. The molecule has 0 aromatic heterocycles. The second-order valence-corrected chi connectivity index (χ2v) is 14.9. The zero-order valence-electron chi connectivity index (χ0n) is 29.5. The molecule has 8 aromatic rings. The molecule has 2 aliphatic rings. The van der Waals surface area contributed by atoms with Gasteiger partial charge < -0.3 is 0 Å². The summed E-state index contributed by atoms with van der Waals surface area (Å²) < 4.78 is 0. The Hall–Kier alpha value is -6.24. The summed E-state index contributed by atoms with van der Waals surface area (Å²) >= 11 is 0. The first-order valence-electron chi connectivity index (χ1n) is 18.4. The van der Waals surface area contributed by atoms with Crippen molar-refractivity contribution in [2.45, 2.75) is 25.2 Å². The highest BCUT2D eigenvalue weighted by Gasteiger charge is 2.39. The number of rotatable bonds is 5. The van der Waals surface area contributed by atoms with E-state index in [2.05, 4.69) is 202 Å². The third-order valence-electron chi connectivity index (χ3n) is 11.5. The fourth-order valence-electron chi connectivity index (χ4n) is 8.90. The Morgan fingerprint density at radius 2 is 0.827 bits per heavy atom. The molecule has 52 heavy (non-hydrogen) atoms. The van der Waals surface area contributed by atoms with E-state index in [9.17, 15) is 0 Å². The largest absolute Gasteiger partial charge is 0.0622 e. The van der Waals surface area contributed by atoms with Gasteiger partial charge in [0.1, 0.15) is 0 Å². The summed E-state index contributed by atoms with van der Waals surface area (Å²) in [7, 11) is 0. The molecule has 246 valence electrons. The van der Waals surface area contributed by atoms with E-state index in [0.717, 1.165) is 0 Å². The molecule has 0 saturated carbocycles. The third kappa shape index (κ3) is 4.90. The van der Waals surface area contributed by atoms with E-state index in [1.54, 1.807) is 0 Å². The molecular weight excluding hydrogens is 625 g/mol. The minimum absolute atomic E-state index is 0.0459. The molecule has 0 fully saturated rings. The Morgan fingerprint density at radius 1 is 0.308 bits per heavy atom. The first-order chi connectivity index (χ1) is 25.5. The van der Waals surface area contributed by atoms with Gasteiger partial charge >= 0.3 is 0 Å². The fourth-order valence-corrected chi connectivity index (χ4v) is 8.90. The summed E-state index contributed by atoms with van der Waals surface area (Å²) in [6, 6.07) is 69.8. The van der Waals surface area contributed by atoms with Crippen LogP contribution in [0, 0.1) is 0 Å². The van der Waals surface area contributed by atoms with Crippen LogP contribution in [0.1, 0.15) is 47.6 Å². The monoisotopic (exact) mass is 662 g/mol.